The standard InChI is InChI=1S/C17H26N2O2/c1-17(2,3)21-16(20)15(13-9-11-18-12-10-13)19-14-7-5-4-6-8-14/h4-8,13,15,18-19H,9-12H2,1-3H3. The van der Waals surface area contributed by atoms with E-state index < -0.39 is 5.60 Å². The van der Waals surface area contributed by atoms with E-state index in [1.165, 1.54) is 0 Å². The molecule has 0 aromatic heterocycles. The van der Waals surface area contributed by atoms with Crippen molar-refractivity contribution >= 4 is 11.7 Å². The third-order valence-electron chi connectivity index (χ3n) is 3.61. The van der Waals surface area contributed by atoms with Gasteiger partial charge in [-0.05, 0) is 64.8 Å². The molecule has 1 fully saturated rings. The summed E-state index contributed by atoms with van der Waals surface area (Å²) in [6.45, 7) is 7.65. The average Bonchev–Trinajstić information content (AvgIpc) is 2.45. The molecule has 0 aliphatic carbocycles. The Morgan fingerprint density at radius 2 is 1.86 bits per heavy atom. The fraction of sp³-hybridized carbons (Fsp3) is 0.588. The number of hydrogen-bond donors (Lipinski definition) is 2. The quantitative estimate of drug-likeness (QED) is 0.837. The fourth-order valence-electron chi connectivity index (χ4n) is 2.63. The Labute approximate surface area is 127 Å². The maximum Gasteiger partial charge on any atom is 0.329 e. The lowest BCUT2D eigenvalue weighted by atomic mass is 9.90. The molecule has 0 amide bonds. The Kier molecular flexibility index (Phi) is 5.23. The molecule has 1 aromatic rings. The second kappa shape index (κ2) is 6.94. The number of carbonyl (C=O) groups excluding carboxylic acids is 1. The zero-order valence-electron chi connectivity index (χ0n) is 13.2. The molecule has 1 atom stereocenters. The summed E-state index contributed by atoms with van der Waals surface area (Å²) in [5.41, 5.74) is 0.507. The van der Waals surface area contributed by atoms with Crippen LogP contribution in [0.1, 0.15) is 33.6 Å². The van der Waals surface area contributed by atoms with Gasteiger partial charge in [-0.3, -0.25) is 0 Å². The zero-order valence-corrected chi connectivity index (χ0v) is 13.2. The minimum atomic E-state index is -0.458. The van der Waals surface area contributed by atoms with Crippen molar-refractivity contribution in [3.8, 4) is 0 Å². The highest BCUT2D eigenvalue weighted by Crippen LogP contribution is 2.23. The topological polar surface area (TPSA) is 50.4 Å². The Balaban J connectivity index is 2.11. The predicted molar refractivity (Wildman–Crippen MR) is 85.3 cm³/mol. The fourth-order valence-corrected chi connectivity index (χ4v) is 2.63. The van der Waals surface area contributed by atoms with Crippen molar-refractivity contribution in [3.63, 3.8) is 0 Å². The van der Waals surface area contributed by atoms with Crippen molar-refractivity contribution in [2.45, 2.75) is 45.3 Å². The summed E-state index contributed by atoms with van der Waals surface area (Å²) >= 11 is 0. The molecular weight excluding hydrogens is 264 g/mol. The molecule has 1 unspecified atom stereocenters. The van der Waals surface area contributed by atoms with Gasteiger partial charge in [-0.15, -0.1) is 0 Å². The highest BCUT2D eigenvalue weighted by molar-refractivity contribution is 5.80. The maximum atomic E-state index is 12.6. The average molecular weight is 290 g/mol. The summed E-state index contributed by atoms with van der Waals surface area (Å²) in [7, 11) is 0. The van der Waals surface area contributed by atoms with Gasteiger partial charge < -0.3 is 15.4 Å². The van der Waals surface area contributed by atoms with E-state index in [1.54, 1.807) is 0 Å². The molecule has 116 valence electrons. The van der Waals surface area contributed by atoms with Crippen molar-refractivity contribution < 1.29 is 9.53 Å². The lowest BCUT2D eigenvalue weighted by molar-refractivity contribution is -0.157. The molecule has 1 heterocycles. The summed E-state index contributed by atoms with van der Waals surface area (Å²) in [5, 5.41) is 6.71. The van der Waals surface area contributed by atoms with Gasteiger partial charge in [-0.1, -0.05) is 18.2 Å². The third-order valence-corrected chi connectivity index (χ3v) is 3.61. The van der Waals surface area contributed by atoms with Crippen molar-refractivity contribution in [1.29, 1.82) is 0 Å². The second-order valence-electron chi connectivity index (χ2n) is 6.61. The van der Waals surface area contributed by atoms with Crippen LogP contribution < -0.4 is 10.6 Å². The van der Waals surface area contributed by atoms with Gasteiger partial charge in [0.2, 0.25) is 0 Å². The molecular formula is C17H26N2O2. The summed E-state index contributed by atoms with van der Waals surface area (Å²) < 4.78 is 5.60. The van der Waals surface area contributed by atoms with Crippen LogP contribution in [0.5, 0.6) is 0 Å². The smallest absolute Gasteiger partial charge is 0.329 e. The Morgan fingerprint density at radius 3 is 2.43 bits per heavy atom. The first-order valence-corrected chi connectivity index (χ1v) is 7.71. The number of hydrogen-bond acceptors (Lipinski definition) is 4. The summed E-state index contributed by atoms with van der Waals surface area (Å²) in [5.74, 6) is 0.152. The zero-order chi connectivity index (χ0) is 15.3. The second-order valence-corrected chi connectivity index (χ2v) is 6.61. The first kappa shape index (κ1) is 15.8. The number of nitrogens with one attached hydrogen (secondary N) is 2. The van der Waals surface area contributed by atoms with Crippen LogP contribution in [-0.2, 0) is 9.53 Å². The lowest BCUT2D eigenvalue weighted by Gasteiger charge is -2.32. The molecule has 0 bridgehead atoms. The number of anilines is 1. The van der Waals surface area contributed by atoms with E-state index in [2.05, 4.69) is 10.6 Å². The molecule has 2 N–H and O–H groups in total. The van der Waals surface area contributed by atoms with Gasteiger partial charge >= 0.3 is 5.97 Å². The minimum absolute atomic E-state index is 0.154. The number of piperidine rings is 1. The minimum Gasteiger partial charge on any atom is -0.458 e. The molecule has 1 aliphatic heterocycles. The summed E-state index contributed by atoms with van der Waals surface area (Å²) in [4.78, 5) is 12.6. The van der Waals surface area contributed by atoms with Crippen LogP contribution in [0.25, 0.3) is 0 Å². The predicted octanol–water partition coefficient (Wildman–Crippen LogP) is 2.81. The number of para-hydroxylation sites is 1. The van der Waals surface area contributed by atoms with Crippen LogP contribution in [0.4, 0.5) is 5.69 Å². The Hall–Kier alpha value is -1.55. The van der Waals surface area contributed by atoms with E-state index in [9.17, 15) is 4.79 Å². The summed E-state index contributed by atoms with van der Waals surface area (Å²) in [6.07, 6.45) is 1.98. The molecule has 0 spiro atoms. The molecule has 21 heavy (non-hydrogen) atoms. The number of ether oxygens (including phenoxy) is 1. The van der Waals surface area contributed by atoms with E-state index in [4.69, 9.17) is 4.74 Å². The van der Waals surface area contributed by atoms with Crippen LogP contribution >= 0.6 is 0 Å². The van der Waals surface area contributed by atoms with Crippen LogP contribution in [0.3, 0.4) is 0 Å². The van der Waals surface area contributed by atoms with Crippen LogP contribution in [0, 0.1) is 5.92 Å². The van der Waals surface area contributed by atoms with Crippen molar-refractivity contribution in [1.82, 2.24) is 5.32 Å². The van der Waals surface area contributed by atoms with E-state index in [0.717, 1.165) is 31.6 Å². The number of esters is 1. The van der Waals surface area contributed by atoms with Crippen LogP contribution in [0.2, 0.25) is 0 Å². The van der Waals surface area contributed by atoms with E-state index >= 15 is 0 Å². The lowest BCUT2D eigenvalue weighted by Crippen LogP contribution is -2.45. The van der Waals surface area contributed by atoms with Gasteiger partial charge in [0.15, 0.2) is 0 Å². The van der Waals surface area contributed by atoms with E-state index in [0.29, 0.717) is 5.92 Å². The molecule has 1 aliphatic rings. The van der Waals surface area contributed by atoms with Crippen LogP contribution in [-0.4, -0.2) is 30.7 Å². The summed E-state index contributed by atoms with van der Waals surface area (Å²) in [6, 6.07) is 9.59. The number of benzene rings is 1. The van der Waals surface area contributed by atoms with Gasteiger partial charge in [0, 0.05) is 5.69 Å². The van der Waals surface area contributed by atoms with Crippen molar-refractivity contribution in [2.75, 3.05) is 18.4 Å². The third kappa shape index (κ3) is 5.05. The molecule has 1 saturated heterocycles. The van der Waals surface area contributed by atoms with Gasteiger partial charge in [-0.25, -0.2) is 4.79 Å². The monoisotopic (exact) mass is 290 g/mol. The Morgan fingerprint density at radius 1 is 1.24 bits per heavy atom. The molecule has 4 nitrogen and oxygen atoms in total. The first-order valence-electron chi connectivity index (χ1n) is 7.71. The van der Waals surface area contributed by atoms with E-state index in [1.807, 2.05) is 51.1 Å². The van der Waals surface area contributed by atoms with Crippen molar-refractivity contribution in [3.05, 3.63) is 30.3 Å². The number of carbonyl (C=O) groups is 1. The Bertz CT molecular complexity index is 448. The first-order chi connectivity index (χ1) is 9.96. The number of rotatable bonds is 4. The SMILES string of the molecule is CC(C)(C)OC(=O)C(Nc1ccccc1)C1CCNCC1. The molecule has 4 heteroatoms. The molecule has 1 aromatic carbocycles. The van der Waals surface area contributed by atoms with Gasteiger partial charge in [0.05, 0.1) is 0 Å². The van der Waals surface area contributed by atoms with E-state index in [-0.39, 0.29) is 12.0 Å². The normalized spacial score (nSPS) is 18.0. The van der Waals surface area contributed by atoms with Gasteiger partial charge in [0.25, 0.3) is 0 Å². The largest absolute Gasteiger partial charge is 0.458 e. The van der Waals surface area contributed by atoms with Gasteiger partial charge in [0.1, 0.15) is 11.6 Å². The molecule has 0 saturated carbocycles. The molecule has 0 radical (unpaired) electrons. The van der Waals surface area contributed by atoms with Crippen molar-refractivity contribution in [2.24, 2.45) is 5.92 Å². The van der Waals surface area contributed by atoms with Gasteiger partial charge in [-0.2, -0.15) is 0 Å². The highest BCUT2D eigenvalue weighted by atomic mass is 16.6. The maximum absolute atomic E-state index is 12.6. The highest BCUT2D eigenvalue weighted by Gasteiger charge is 2.32. The van der Waals surface area contributed by atoms with Crippen LogP contribution in [0.15, 0.2) is 30.3 Å². The molecule has 2 rings (SSSR count).